The van der Waals surface area contributed by atoms with Crippen LogP contribution in [0.3, 0.4) is 0 Å². The molecule has 5 heterocycles. The first-order chi connectivity index (χ1) is 38.1. The first-order valence-electron chi connectivity index (χ1n) is 26.2. The Morgan fingerprint density at radius 2 is 1.32 bits per heavy atom. The summed E-state index contributed by atoms with van der Waals surface area (Å²) >= 11 is 0. The van der Waals surface area contributed by atoms with E-state index in [9.17, 15) is 24.0 Å². The molecule has 0 saturated carbocycles. The molecule has 10 rings (SSSR count). The number of nitrogens with zero attached hydrogens (tertiary/aromatic N) is 5. The molecule has 5 aromatic carbocycles. The van der Waals surface area contributed by atoms with Crippen LogP contribution in [-0.2, 0) is 54.6 Å². The second kappa shape index (κ2) is 24.4. The Kier molecular flexibility index (Phi) is 16.6. The summed E-state index contributed by atoms with van der Waals surface area (Å²) in [5.74, 6) is 0.286. The molecule has 5 aliphatic rings. The largest absolute Gasteiger partial charge is 0.493 e. The second-order valence-corrected chi connectivity index (χ2v) is 19.4. The van der Waals surface area contributed by atoms with E-state index in [1.165, 1.54) is 19.3 Å². The Balaban J connectivity index is 0.908. The molecule has 5 aromatic rings. The van der Waals surface area contributed by atoms with Crippen LogP contribution in [0.5, 0.6) is 23.0 Å². The summed E-state index contributed by atoms with van der Waals surface area (Å²) in [5, 5.41) is 6.35. The fourth-order valence-corrected chi connectivity index (χ4v) is 10.5. The number of carbonyl (C=O) groups excluding carboxylic acids is 5. The van der Waals surface area contributed by atoms with Crippen molar-refractivity contribution in [1.82, 2.24) is 10.2 Å². The van der Waals surface area contributed by atoms with Gasteiger partial charge in [-0.3, -0.25) is 38.8 Å². The summed E-state index contributed by atoms with van der Waals surface area (Å²) in [7, 11) is 4.70. The minimum absolute atomic E-state index is 0.0497. The topological polar surface area (TPSA) is 199 Å². The molecular weight excluding hydrogens is 999 g/mol. The van der Waals surface area contributed by atoms with Crippen molar-refractivity contribution in [3.8, 4) is 23.0 Å². The van der Waals surface area contributed by atoms with Gasteiger partial charge in [-0.05, 0) is 77.6 Å². The zero-order valence-electron chi connectivity index (χ0n) is 44.0. The molecule has 0 saturated heterocycles. The molecule has 0 radical (unpaired) electrons. The van der Waals surface area contributed by atoms with E-state index in [1.807, 2.05) is 77.8 Å². The number of imide groups is 1. The van der Waals surface area contributed by atoms with Crippen LogP contribution < -0.4 is 44.3 Å². The van der Waals surface area contributed by atoms with Gasteiger partial charge in [0.1, 0.15) is 13.2 Å². The van der Waals surface area contributed by atoms with Gasteiger partial charge in [-0.2, -0.15) is 0 Å². The second-order valence-electron chi connectivity index (χ2n) is 19.4. The molecule has 19 heteroatoms. The average molecular weight is 1060 g/mol. The smallest absolute Gasteiger partial charge is 0.261 e. The zero-order chi connectivity index (χ0) is 54.1. The number of fused-ring (bicyclic) bond motifs is 8. The van der Waals surface area contributed by atoms with Gasteiger partial charge in [0.2, 0.25) is 5.91 Å². The number of hydrogen-bond donors (Lipinski definition) is 2. The first-order valence-corrected chi connectivity index (χ1v) is 26.2. The third kappa shape index (κ3) is 11.7. The number of rotatable bonds is 25. The highest BCUT2D eigenvalue weighted by molar-refractivity contribution is 6.15. The van der Waals surface area contributed by atoms with Gasteiger partial charge in [-0.15, -0.1) is 0 Å². The molecule has 19 nitrogen and oxygen atoms in total. The van der Waals surface area contributed by atoms with Gasteiger partial charge in [0.15, 0.2) is 23.0 Å². The molecule has 0 bridgehead atoms. The summed E-state index contributed by atoms with van der Waals surface area (Å²) in [4.78, 5) is 77.3. The van der Waals surface area contributed by atoms with Crippen LogP contribution in [0.1, 0.15) is 55.8 Å². The number of nitrogens with one attached hydrogen (secondary N) is 2. The molecule has 78 heavy (non-hydrogen) atoms. The molecular formula is C59H63N7O12. The number of methoxy groups -OCH3 is 3. The molecule has 0 spiro atoms. The maximum atomic E-state index is 14.2. The Labute approximate surface area is 452 Å². The third-order valence-electron chi connectivity index (χ3n) is 14.4. The molecule has 2 atom stereocenters. The van der Waals surface area contributed by atoms with E-state index < -0.39 is 11.8 Å². The van der Waals surface area contributed by atoms with Gasteiger partial charge in [0.25, 0.3) is 23.6 Å². The van der Waals surface area contributed by atoms with Crippen LogP contribution in [0.25, 0.3) is 0 Å². The van der Waals surface area contributed by atoms with Crippen LogP contribution >= 0.6 is 0 Å². The van der Waals surface area contributed by atoms with E-state index in [2.05, 4.69) is 21.6 Å². The predicted octanol–water partition coefficient (Wildman–Crippen LogP) is 6.45. The van der Waals surface area contributed by atoms with Crippen LogP contribution in [0.15, 0.2) is 108 Å². The number of ether oxygens (including phenoxy) is 7. The highest BCUT2D eigenvalue weighted by atomic mass is 16.5. The first kappa shape index (κ1) is 53.2. The molecule has 5 amide bonds. The van der Waals surface area contributed by atoms with E-state index in [0.717, 1.165) is 50.6 Å². The number of benzene rings is 5. The highest BCUT2D eigenvalue weighted by Gasteiger charge is 2.39. The van der Waals surface area contributed by atoms with Crippen molar-refractivity contribution in [2.24, 2.45) is 4.99 Å². The summed E-state index contributed by atoms with van der Waals surface area (Å²) in [6.07, 6.45) is 6.30. The Hall–Kier alpha value is -8.26. The standard InChI is InChI=1S/C59H63N7O12/c1-72-21-22-76-24-23-75-20-19-63(17-8-13-55(67)60-16-18-64-56(68)14-15-57(64)69)42-26-38(36-77-53-32-47-45(30-51(53)73-2)58(70)65-43(34-61-47)28-40-9-4-6-11-49(40)65)25-39(27-42)37-78-54-33-48-46(31-52(54)74-3)59(71)66-44(35-62-48)29-41-10-5-7-12-50(41)66/h4-7,9-12,14-15,25-27,30-34,43-44,62H,8,13,16-24,28-29,35-37H2,1-3H3,(H,60,67)/t43-,44-/m0/s1. The Morgan fingerprint density at radius 3 is 2.03 bits per heavy atom. The summed E-state index contributed by atoms with van der Waals surface area (Å²) in [6.45, 7) is 3.86. The van der Waals surface area contributed by atoms with Crippen molar-refractivity contribution in [3.05, 3.63) is 137 Å². The van der Waals surface area contributed by atoms with Crippen LogP contribution in [-0.4, -0.2) is 140 Å². The maximum Gasteiger partial charge on any atom is 0.261 e. The van der Waals surface area contributed by atoms with Crippen LogP contribution in [0.2, 0.25) is 0 Å². The van der Waals surface area contributed by atoms with E-state index in [0.29, 0.717) is 111 Å². The minimum atomic E-state index is -0.404. The lowest BCUT2D eigenvalue weighted by atomic mass is 10.1. The predicted molar refractivity (Wildman–Crippen MR) is 293 cm³/mol. The number of amides is 5. The molecule has 0 fully saturated rings. The van der Waals surface area contributed by atoms with Crippen molar-refractivity contribution < 1.29 is 57.1 Å². The summed E-state index contributed by atoms with van der Waals surface area (Å²) in [5.41, 5.74) is 8.36. The van der Waals surface area contributed by atoms with Gasteiger partial charge >= 0.3 is 0 Å². The minimum Gasteiger partial charge on any atom is -0.493 e. The highest BCUT2D eigenvalue weighted by Crippen LogP contribution is 2.43. The molecule has 0 aromatic heterocycles. The fraction of sp³-hybridized carbons (Fsp3) is 0.356. The molecule has 406 valence electrons. The molecule has 0 unspecified atom stereocenters. The Bertz CT molecular complexity index is 3130. The average Bonchev–Trinajstić information content (AvgIpc) is 4.12. The van der Waals surface area contributed by atoms with Crippen LogP contribution in [0.4, 0.5) is 28.4 Å². The lowest BCUT2D eigenvalue weighted by Gasteiger charge is -2.26. The van der Waals surface area contributed by atoms with E-state index in [1.54, 1.807) is 37.3 Å². The van der Waals surface area contributed by atoms with Crippen molar-refractivity contribution in [2.45, 2.75) is 51.0 Å². The number of aliphatic imine (C=N–C) groups is 1. The van der Waals surface area contributed by atoms with E-state index >= 15 is 0 Å². The summed E-state index contributed by atoms with van der Waals surface area (Å²) < 4.78 is 41.7. The van der Waals surface area contributed by atoms with Crippen LogP contribution in [0, 0.1) is 0 Å². The van der Waals surface area contributed by atoms with Crippen molar-refractivity contribution >= 4 is 64.2 Å². The van der Waals surface area contributed by atoms with E-state index in [-0.39, 0.29) is 62.5 Å². The normalized spacial score (nSPS) is 16.6. The number of para-hydroxylation sites is 2. The van der Waals surface area contributed by atoms with Crippen molar-refractivity contribution in [3.63, 3.8) is 0 Å². The molecule has 5 aliphatic heterocycles. The number of carbonyl (C=O) groups is 5. The Morgan fingerprint density at radius 1 is 0.692 bits per heavy atom. The fourth-order valence-electron chi connectivity index (χ4n) is 10.5. The third-order valence-corrected chi connectivity index (χ3v) is 14.4. The van der Waals surface area contributed by atoms with Crippen molar-refractivity contribution in [1.29, 1.82) is 0 Å². The molecule has 2 N–H and O–H groups in total. The van der Waals surface area contributed by atoms with Crippen molar-refractivity contribution in [2.75, 3.05) is 107 Å². The van der Waals surface area contributed by atoms with Gasteiger partial charge in [0, 0.05) is 100 Å². The monoisotopic (exact) mass is 1060 g/mol. The van der Waals surface area contributed by atoms with Gasteiger partial charge in [-0.25, -0.2) is 0 Å². The quantitative estimate of drug-likeness (QED) is 0.0477. The van der Waals surface area contributed by atoms with Gasteiger partial charge in [-0.1, -0.05) is 36.4 Å². The van der Waals surface area contributed by atoms with E-state index in [4.69, 9.17) is 38.2 Å². The number of anilines is 4. The maximum absolute atomic E-state index is 14.2. The SMILES string of the molecule is COCCOCCOCCN(CCCC(=O)NCCN1C(=O)C=CC1=O)c1cc(COc2cc3c(cc2OC)C(=O)N2c4ccccc4C[C@H]2C=N3)cc(COc2cc3c(cc2OC)C(=O)N2c4ccccc4C[C@H]2CN3)c1. The molecule has 0 aliphatic carbocycles. The number of hydrogen-bond acceptors (Lipinski definition) is 15. The summed E-state index contributed by atoms with van der Waals surface area (Å²) in [6, 6.07) is 28.6. The zero-order valence-corrected chi connectivity index (χ0v) is 44.0. The van der Waals surface area contributed by atoms with Gasteiger partial charge < -0.3 is 53.6 Å². The lowest BCUT2D eigenvalue weighted by Crippen LogP contribution is -2.39. The lowest BCUT2D eigenvalue weighted by molar-refractivity contribution is -0.137. The van der Waals surface area contributed by atoms with Gasteiger partial charge in [0.05, 0.1) is 81.8 Å².